The number of methoxy groups -OCH3 is 2. The highest BCUT2D eigenvalue weighted by Crippen LogP contribution is 2.22. The predicted octanol–water partition coefficient (Wildman–Crippen LogP) is 1.38. The van der Waals surface area contributed by atoms with Crippen LogP contribution in [0.3, 0.4) is 0 Å². The van der Waals surface area contributed by atoms with E-state index < -0.39 is 0 Å². The van der Waals surface area contributed by atoms with Gasteiger partial charge in [0, 0.05) is 6.54 Å². The molecule has 0 unspecified atom stereocenters. The second kappa shape index (κ2) is 6.02. The molecule has 0 bridgehead atoms. The molecule has 0 amide bonds. The number of hydrogen-bond acceptors (Lipinski definition) is 6. The molecule has 0 aromatic carbocycles. The van der Waals surface area contributed by atoms with E-state index >= 15 is 0 Å². The van der Waals surface area contributed by atoms with E-state index in [0.29, 0.717) is 24.8 Å². The van der Waals surface area contributed by atoms with Gasteiger partial charge in [-0.2, -0.15) is 0 Å². The molecule has 0 radical (unpaired) electrons. The highest BCUT2D eigenvalue weighted by molar-refractivity contribution is 5.34. The Balaban J connectivity index is 2.03. The highest BCUT2D eigenvalue weighted by atomic mass is 16.5. The van der Waals surface area contributed by atoms with Crippen LogP contribution >= 0.6 is 0 Å². The average Bonchev–Trinajstić information content (AvgIpc) is 2.92. The Kier molecular flexibility index (Phi) is 4.14. The van der Waals surface area contributed by atoms with Crippen LogP contribution in [0.2, 0.25) is 0 Å². The molecule has 2 aromatic heterocycles. The number of nitrogens with zero attached hydrogens (tertiary/aromatic N) is 2. The fraction of sp³-hybridized carbons (Fsp3) is 0.333. The van der Waals surface area contributed by atoms with Crippen molar-refractivity contribution in [2.45, 2.75) is 13.1 Å². The summed E-state index contributed by atoms with van der Waals surface area (Å²) in [6.07, 6.45) is 3.05. The highest BCUT2D eigenvalue weighted by Gasteiger charge is 2.12. The summed E-state index contributed by atoms with van der Waals surface area (Å²) < 4.78 is 15.6. The summed E-state index contributed by atoms with van der Waals surface area (Å²) in [6, 6.07) is 3.76. The van der Waals surface area contributed by atoms with E-state index in [1.165, 1.54) is 6.33 Å². The Morgan fingerprint density at radius 2 is 1.89 bits per heavy atom. The lowest BCUT2D eigenvalue weighted by atomic mass is 10.3. The Bertz CT molecular complexity index is 463. The molecule has 0 aliphatic carbocycles. The van der Waals surface area contributed by atoms with Gasteiger partial charge in [-0.15, -0.1) is 0 Å². The minimum atomic E-state index is 0.508. The van der Waals surface area contributed by atoms with Gasteiger partial charge in [-0.25, -0.2) is 9.97 Å². The normalized spacial score (nSPS) is 10.3. The van der Waals surface area contributed by atoms with Gasteiger partial charge in [-0.05, 0) is 12.1 Å². The Labute approximate surface area is 105 Å². The van der Waals surface area contributed by atoms with Crippen LogP contribution in [0.1, 0.15) is 11.3 Å². The molecule has 1 N–H and O–H groups in total. The summed E-state index contributed by atoms with van der Waals surface area (Å²) in [4.78, 5) is 8.09. The largest absolute Gasteiger partial charge is 0.481 e. The number of ether oxygens (including phenoxy) is 2. The summed E-state index contributed by atoms with van der Waals surface area (Å²) in [6.45, 7) is 1.15. The van der Waals surface area contributed by atoms with E-state index in [4.69, 9.17) is 13.9 Å². The van der Waals surface area contributed by atoms with Crippen LogP contribution in [-0.4, -0.2) is 24.2 Å². The van der Waals surface area contributed by atoms with Gasteiger partial charge >= 0.3 is 0 Å². The minimum Gasteiger partial charge on any atom is -0.481 e. The van der Waals surface area contributed by atoms with Gasteiger partial charge < -0.3 is 19.2 Å². The Morgan fingerprint density at radius 1 is 1.17 bits per heavy atom. The molecule has 18 heavy (non-hydrogen) atoms. The maximum absolute atomic E-state index is 5.23. The van der Waals surface area contributed by atoms with Crippen molar-refractivity contribution in [2.24, 2.45) is 0 Å². The third-order valence-electron chi connectivity index (χ3n) is 2.43. The molecule has 96 valence electrons. The lowest BCUT2D eigenvalue weighted by molar-refractivity contribution is 0.358. The topological polar surface area (TPSA) is 69.4 Å². The fourth-order valence-electron chi connectivity index (χ4n) is 1.61. The zero-order chi connectivity index (χ0) is 12.8. The smallest absolute Gasteiger partial charge is 0.224 e. The van der Waals surface area contributed by atoms with Gasteiger partial charge in [-0.1, -0.05) is 0 Å². The first-order valence-electron chi connectivity index (χ1n) is 5.50. The van der Waals surface area contributed by atoms with E-state index in [1.807, 2.05) is 12.1 Å². The van der Waals surface area contributed by atoms with E-state index in [9.17, 15) is 0 Å². The molecule has 0 spiro atoms. The average molecular weight is 249 g/mol. The molecule has 2 aromatic rings. The third kappa shape index (κ3) is 2.78. The van der Waals surface area contributed by atoms with Crippen molar-refractivity contribution in [3.05, 3.63) is 36.0 Å². The Morgan fingerprint density at radius 3 is 2.44 bits per heavy atom. The molecule has 2 heterocycles. The lowest BCUT2D eigenvalue weighted by Gasteiger charge is -2.10. The van der Waals surface area contributed by atoms with Gasteiger partial charge in [0.25, 0.3) is 0 Å². The summed E-state index contributed by atoms with van der Waals surface area (Å²) in [7, 11) is 3.13. The number of furan rings is 1. The number of nitrogens with one attached hydrogen (secondary N) is 1. The lowest BCUT2D eigenvalue weighted by Crippen LogP contribution is -2.14. The molecule has 2 rings (SSSR count). The molecule has 0 aliphatic rings. The van der Waals surface area contributed by atoms with Crippen LogP contribution in [0.15, 0.2) is 29.1 Å². The van der Waals surface area contributed by atoms with E-state index in [-0.39, 0.29) is 0 Å². The molecule has 0 fully saturated rings. The van der Waals surface area contributed by atoms with Gasteiger partial charge in [0.05, 0.1) is 32.6 Å². The molecule has 0 saturated carbocycles. The van der Waals surface area contributed by atoms with E-state index in [0.717, 1.165) is 11.3 Å². The standard InChI is InChI=1S/C12H15N3O3/c1-16-11-10(12(17-2)15-8-14-11)7-13-6-9-4-3-5-18-9/h3-5,8,13H,6-7H2,1-2H3. The first kappa shape index (κ1) is 12.4. The maximum atomic E-state index is 5.23. The third-order valence-corrected chi connectivity index (χ3v) is 2.43. The summed E-state index contributed by atoms with van der Waals surface area (Å²) in [5, 5.41) is 3.22. The predicted molar refractivity (Wildman–Crippen MR) is 64.4 cm³/mol. The summed E-state index contributed by atoms with van der Waals surface area (Å²) in [5.74, 6) is 1.88. The van der Waals surface area contributed by atoms with Gasteiger partial charge in [0.15, 0.2) is 0 Å². The first-order valence-corrected chi connectivity index (χ1v) is 5.50. The van der Waals surface area contributed by atoms with Crippen LogP contribution in [0.25, 0.3) is 0 Å². The zero-order valence-electron chi connectivity index (χ0n) is 10.3. The quantitative estimate of drug-likeness (QED) is 0.834. The Hall–Kier alpha value is -2.08. The molecule has 6 heteroatoms. The van der Waals surface area contributed by atoms with Crippen LogP contribution in [0.4, 0.5) is 0 Å². The number of rotatable bonds is 6. The van der Waals surface area contributed by atoms with Crippen molar-refractivity contribution in [1.82, 2.24) is 15.3 Å². The monoisotopic (exact) mass is 249 g/mol. The van der Waals surface area contributed by atoms with Crippen LogP contribution < -0.4 is 14.8 Å². The van der Waals surface area contributed by atoms with Crippen LogP contribution in [-0.2, 0) is 13.1 Å². The second-order valence-corrected chi connectivity index (χ2v) is 3.55. The van der Waals surface area contributed by atoms with Crippen molar-refractivity contribution in [3.63, 3.8) is 0 Å². The van der Waals surface area contributed by atoms with Crippen molar-refractivity contribution >= 4 is 0 Å². The SMILES string of the molecule is COc1ncnc(OC)c1CNCc1ccco1. The molecule has 0 aliphatic heterocycles. The zero-order valence-corrected chi connectivity index (χ0v) is 10.3. The number of aromatic nitrogens is 2. The van der Waals surface area contributed by atoms with E-state index in [2.05, 4.69) is 15.3 Å². The molecular weight excluding hydrogens is 234 g/mol. The van der Waals surface area contributed by atoms with Gasteiger partial charge in [-0.3, -0.25) is 0 Å². The molecule has 0 atom stereocenters. The first-order chi connectivity index (χ1) is 8.85. The summed E-state index contributed by atoms with van der Waals surface area (Å²) >= 11 is 0. The van der Waals surface area contributed by atoms with E-state index in [1.54, 1.807) is 20.5 Å². The van der Waals surface area contributed by atoms with Crippen molar-refractivity contribution in [2.75, 3.05) is 14.2 Å². The van der Waals surface area contributed by atoms with Crippen LogP contribution in [0, 0.1) is 0 Å². The molecule has 6 nitrogen and oxygen atoms in total. The van der Waals surface area contributed by atoms with Gasteiger partial charge in [0.1, 0.15) is 12.1 Å². The molecule has 0 saturated heterocycles. The van der Waals surface area contributed by atoms with Crippen molar-refractivity contribution in [3.8, 4) is 11.8 Å². The number of hydrogen-bond donors (Lipinski definition) is 1. The van der Waals surface area contributed by atoms with Crippen molar-refractivity contribution in [1.29, 1.82) is 0 Å². The minimum absolute atomic E-state index is 0.508. The fourth-order valence-corrected chi connectivity index (χ4v) is 1.61. The second-order valence-electron chi connectivity index (χ2n) is 3.55. The summed E-state index contributed by atoms with van der Waals surface area (Å²) in [5.41, 5.74) is 0.786. The maximum Gasteiger partial charge on any atom is 0.224 e. The van der Waals surface area contributed by atoms with Gasteiger partial charge in [0.2, 0.25) is 11.8 Å². The van der Waals surface area contributed by atoms with Crippen molar-refractivity contribution < 1.29 is 13.9 Å². The van der Waals surface area contributed by atoms with Crippen LogP contribution in [0.5, 0.6) is 11.8 Å². The molecular formula is C12H15N3O3.